The molecule has 0 saturated carbocycles. The van der Waals surface area contributed by atoms with Crippen molar-refractivity contribution >= 4 is 41.5 Å². The Kier molecular flexibility index (Phi) is 11.3. The van der Waals surface area contributed by atoms with E-state index in [9.17, 15) is 29.3 Å². The number of rotatable bonds is 14. The van der Waals surface area contributed by atoms with Crippen molar-refractivity contribution in [2.45, 2.75) is 19.4 Å². The zero-order valence-corrected chi connectivity index (χ0v) is 23.3. The van der Waals surface area contributed by atoms with Gasteiger partial charge in [-0.3, -0.25) is 34.8 Å². The van der Waals surface area contributed by atoms with E-state index in [0.717, 1.165) is 0 Å². The van der Waals surface area contributed by atoms with Crippen molar-refractivity contribution in [3.05, 3.63) is 82.1 Å². The molecular formula is C28H29N5O10. The number of hydrogen-bond acceptors (Lipinski definition) is 11. The van der Waals surface area contributed by atoms with Crippen molar-refractivity contribution in [1.29, 1.82) is 0 Å². The quantitative estimate of drug-likeness (QED) is 0.0907. The number of benzene rings is 2. The predicted octanol–water partition coefficient (Wildman–Crippen LogP) is 3.69. The van der Waals surface area contributed by atoms with Gasteiger partial charge in [-0.1, -0.05) is 12.1 Å². The third-order valence-corrected chi connectivity index (χ3v) is 5.69. The summed E-state index contributed by atoms with van der Waals surface area (Å²) in [5.41, 5.74) is 1.67. The van der Waals surface area contributed by atoms with E-state index in [1.165, 1.54) is 35.3 Å². The van der Waals surface area contributed by atoms with Crippen LogP contribution in [0, 0.1) is 10.1 Å². The van der Waals surface area contributed by atoms with E-state index in [-0.39, 0.29) is 44.3 Å². The fourth-order valence-corrected chi connectivity index (χ4v) is 3.35. The maximum Gasteiger partial charge on any atom is 0.413 e. The van der Waals surface area contributed by atoms with Crippen LogP contribution in [0.25, 0.3) is 11.3 Å². The van der Waals surface area contributed by atoms with Crippen molar-refractivity contribution in [3.63, 3.8) is 0 Å². The molecule has 3 rings (SSSR count). The minimum Gasteiger partial charge on any atom is -0.481 e. The molecule has 1 aromatic heterocycles. The highest BCUT2D eigenvalue weighted by Gasteiger charge is 2.14. The Morgan fingerprint density at radius 2 is 1.70 bits per heavy atom. The van der Waals surface area contributed by atoms with Crippen molar-refractivity contribution in [2.75, 3.05) is 32.7 Å². The molecule has 0 aliphatic carbocycles. The Bertz CT molecular complexity index is 1470. The number of carbonyl (C=O) groups is 4. The Balaban J connectivity index is 1.38. The lowest BCUT2D eigenvalue weighted by atomic mass is 10.1. The number of nitro benzene ring substituents is 1. The molecule has 0 aliphatic rings. The van der Waals surface area contributed by atoms with Crippen LogP contribution >= 0.6 is 0 Å². The van der Waals surface area contributed by atoms with E-state index < -0.39 is 23.0 Å². The monoisotopic (exact) mass is 595 g/mol. The van der Waals surface area contributed by atoms with Gasteiger partial charge in [-0.2, -0.15) is 5.10 Å². The van der Waals surface area contributed by atoms with E-state index in [1.807, 2.05) is 0 Å². The number of carbonyl (C=O) groups excluding carboxylic acids is 3. The third-order valence-electron chi connectivity index (χ3n) is 5.69. The van der Waals surface area contributed by atoms with Gasteiger partial charge >= 0.3 is 18.0 Å². The average Bonchev–Trinajstić information content (AvgIpc) is 3.46. The summed E-state index contributed by atoms with van der Waals surface area (Å²) >= 11 is 0. The highest BCUT2D eigenvalue weighted by atomic mass is 16.6. The minimum atomic E-state index is -1.09. The first kappa shape index (κ1) is 31.8. The highest BCUT2D eigenvalue weighted by Crippen LogP contribution is 2.24. The van der Waals surface area contributed by atoms with Gasteiger partial charge in [0.15, 0.2) is 6.73 Å². The number of nitrogens with zero attached hydrogens (tertiary/aromatic N) is 4. The number of hydrogen-bond donors (Lipinski definition) is 2. The first-order valence-corrected chi connectivity index (χ1v) is 12.7. The third kappa shape index (κ3) is 10.6. The van der Waals surface area contributed by atoms with Gasteiger partial charge in [0.1, 0.15) is 24.7 Å². The number of hydrazone groups is 1. The summed E-state index contributed by atoms with van der Waals surface area (Å²) in [4.78, 5) is 58.1. The SMILES string of the molecule is CN(CC(=O)N(C)COC(=O)Nc1ccc(COC(=O)CCC(=O)O)cc1)/N=C/c1ccc(-c2ccc([N+](=O)[O-])cc2)o1. The topological polar surface area (TPSA) is 194 Å². The zero-order valence-electron chi connectivity index (χ0n) is 23.3. The number of non-ortho nitro benzene ring substituents is 1. The minimum absolute atomic E-state index is 0.0268. The Morgan fingerprint density at radius 1 is 1.00 bits per heavy atom. The van der Waals surface area contributed by atoms with Gasteiger partial charge in [0.25, 0.3) is 5.69 Å². The number of furan rings is 1. The second-order valence-electron chi connectivity index (χ2n) is 9.10. The first-order chi connectivity index (χ1) is 20.5. The Labute approximate surface area is 245 Å². The molecule has 0 unspecified atom stereocenters. The molecule has 1 heterocycles. The number of nitro groups is 1. The molecule has 0 spiro atoms. The summed E-state index contributed by atoms with van der Waals surface area (Å²) in [5.74, 6) is -1.18. The smallest absolute Gasteiger partial charge is 0.413 e. The summed E-state index contributed by atoms with van der Waals surface area (Å²) in [6.07, 6.45) is 0.0963. The number of nitrogens with one attached hydrogen (secondary N) is 1. The number of carboxylic acids is 1. The molecule has 15 nitrogen and oxygen atoms in total. The van der Waals surface area contributed by atoms with Crippen LogP contribution in [0.1, 0.15) is 24.2 Å². The number of carboxylic acid groups (broad SMARTS) is 1. The van der Waals surface area contributed by atoms with Crippen molar-refractivity contribution in [1.82, 2.24) is 9.91 Å². The van der Waals surface area contributed by atoms with Crippen molar-refractivity contribution in [2.24, 2.45) is 5.10 Å². The molecule has 0 fully saturated rings. The summed E-state index contributed by atoms with van der Waals surface area (Å²) in [7, 11) is 3.04. The molecule has 0 bridgehead atoms. The molecule has 43 heavy (non-hydrogen) atoms. The fourth-order valence-electron chi connectivity index (χ4n) is 3.35. The van der Waals surface area contributed by atoms with E-state index in [1.54, 1.807) is 55.6 Å². The first-order valence-electron chi connectivity index (χ1n) is 12.7. The molecule has 0 aliphatic heterocycles. The van der Waals surface area contributed by atoms with Crippen LogP contribution in [0.5, 0.6) is 0 Å². The normalized spacial score (nSPS) is 10.7. The van der Waals surface area contributed by atoms with Gasteiger partial charge in [0, 0.05) is 37.5 Å². The lowest BCUT2D eigenvalue weighted by molar-refractivity contribution is -0.384. The molecule has 2 aromatic carbocycles. The number of esters is 1. The maximum absolute atomic E-state index is 12.5. The number of anilines is 1. The number of ether oxygens (including phenoxy) is 2. The van der Waals surface area contributed by atoms with E-state index in [4.69, 9.17) is 19.0 Å². The van der Waals surface area contributed by atoms with Gasteiger partial charge in [-0.25, -0.2) is 4.79 Å². The number of amides is 2. The van der Waals surface area contributed by atoms with Crippen LogP contribution in [-0.2, 0) is 30.5 Å². The largest absolute Gasteiger partial charge is 0.481 e. The summed E-state index contributed by atoms with van der Waals surface area (Å²) in [6, 6.07) is 15.6. The summed E-state index contributed by atoms with van der Waals surface area (Å²) in [5, 5.41) is 27.4. The van der Waals surface area contributed by atoms with Crippen molar-refractivity contribution in [3.8, 4) is 11.3 Å². The average molecular weight is 596 g/mol. The van der Waals surface area contributed by atoms with E-state index in [2.05, 4.69) is 10.4 Å². The van der Waals surface area contributed by atoms with Gasteiger partial charge < -0.3 is 23.9 Å². The second-order valence-corrected chi connectivity index (χ2v) is 9.10. The van der Waals surface area contributed by atoms with E-state index >= 15 is 0 Å². The molecule has 0 saturated heterocycles. The summed E-state index contributed by atoms with van der Waals surface area (Å²) < 4.78 is 15.8. The van der Waals surface area contributed by atoms with Crippen LogP contribution in [0.4, 0.5) is 16.2 Å². The Hall–Kier alpha value is -5.73. The molecule has 2 amide bonds. The molecule has 226 valence electrons. The van der Waals surface area contributed by atoms with Gasteiger partial charge in [-0.05, 0) is 42.0 Å². The van der Waals surface area contributed by atoms with Crippen LogP contribution in [0.15, 0.2) is 70.2 Å². The second kappa shape index (κ2) is 15.3. The lowest BCUT2D eigenvalue weighted by Crippen LogP contribution is -2.37. The molecule has 0 radical (unpaired) electrons. The molecule has 3 aromatic rings. The zero-order chi connectivity index (χ0) is 31.4. The fraction of sp³-hybridized carbons (Fsp3) is 0.250. The van der Waals surface area contributed by atoms with Gasteiger partial charge in [0.2, 0.25) is 5.91 Å². The Morgan fingerprint density at radius 3 is 2.35 bits per heavy atom. The van der Waals surface area contributed by atoms with Crippen LogP contribution in [-0.4, -0.2) is 77.5 Å². The lowest BCUT2D eigenvalue weighted by Gasteiger charge is -2.20. The predicted molar refractivity (Wildman–Crippen MR) is 152 cm³/mol. The standard InChI is InChI=1S/C28H29N5O10/c1-31(18-42-28(38)30-21-7-3-19(4-8-21)17-41-27(37)14-13-26(35)36)25(34)16-32(2)29-15-23-11-12-24(43-23)20-5-9-22(10-6-20)33(39)40/h3-12,15H,13-14,16-18H2,1-2H3,(H,30,38)(H,35,36)/b29-15+. The highest BCUT2D eigenvalue weighted by molar-refractivity contribution is 5.85. The molecule has 0 atom stereocenters. The number of likely N-dealkylation sites (N-methyl/N-ethyl adjacent to an activating group) is 2. The maximum atomic E-state index is 12.5. The van der Waals surface area contributed by atoms with E-state index in [0.29, 0.717) is 28.3 Å². The molecule has 15 heteroatoms. The molecular weight excluding hydrogens is 566 g/mol. The summed E-state index contributed by atoms with van der Waals surface area (Å²) in [6.45, 7) is -0.473. The van der Waals surface area contributed by atoms with Crippen LogP contribution in [0.2, 0.25) is 0 Å². The molecule has 2 N–H and O–H groups in total. The van der Waals surface area contributed by atoms with Crippen LogP contribution in [0.3, 0.4) is 0 Å². The van der Waals surface area contributed by atoms with Gasteiger partial charge in [0.05, 0.1) is 24.0 Å². The number of aliphatic carboxylic acids is 1. The van der Waals surface area contributed by atoms with Gasteiger partial charge in [-0.15, -0.1) is 0 Å². The van der Waals surface area contributed by atoms with Crippen molar-refractivity contribution < 1.29 is 43.1 Å². The van der Waals surface area contributed by atoms with Crippen LogP contribution < -0.4 is 5.32 Å².